The third-order valence-corrected chi connectivity index (χ3v) is 4.32. The van der Waals surface area contributed by atoms with E-state index in [0.717, 1.165) is 6.92 Å². The van der Waals surface area contributed by atoms with Crippen LogP contribution in [0.4, 0.5) is 18.9 Å². The number of rotatable bonds is 7. The van der Waals surface area contributed by atoms with Crippen molar-refractivity contribution in [3.8, 4) is 17.0 Å². The number of alkyl halides is 3. The molecule has 1 aromatic heterocycles. The monoisotopic (exact) mass is 419 g/mol. The van der Waals surface area contributed by atoms with Crippen LogP contribution in [0.1, 0.15) is 31.3 Å². The van der Waals surface area contributed by atoms with E-state index >= 15 is 0 Å². The maximum atomic E-state index is 12.8. The Morgan fingerprint density at radius 2 is 2.00 bits per heavy atom. The summed E-state index contributed by atoms with van der Waals surface area (Å²) in [6.45, 7) is 5.27. The van der Waals surface area contributed by atoms with Crippen molar-refractivity contribution in [2.45, 2.75) is 39.5 Å². The average Bonchev–Trinajstić information content (AvgIpc) is 2.89. The lowest BCUT2D eigenvalue weighted by molar-refractivity contribution is -0.138. The second-order valence-corrected chi connectivity index (χ2v) is 7.09. The van der Waals surface area contributed by atoms with Crippen molar-refractivity contribution in [1.82, 2.24) is 9.78 Å². The largest absolute Gasteiger partial charge is 0.496 e. The second-order valence-electron chi connectivity index (χ2n) is 6.72. The van der Waals surface area contributed by atoms with E-state index in [1.807, 2.05) is 13.8 Å². The standard InChI is InChI=1S/C18H21ClF3N3O3/c1-9(2)8-25-16(14(19)15(24-25)17(26)27)12-6-5-11(7-13(12)28-4)23-10(3)18(20,21)22/h5-7,9-10,23H,8H2,1-4H3,(H,26,27). The minimum Gasteiger partial charge on any atom is -0.496 e. The molecule has 0 aliphatic rings. The summed E-state index contributed by atoms with van der Waals surface area (Å²) in [5.41, 5.74) is 0.667. The van der Waals surface area contributed by atoms with E-state index in [0.29, 0.717) is 17.8 Å². The SMILES string of the molecule is COc1cc(NC(C)C(F)(F)F)ccc1-c1c(Cl)c(C(=O)O)nn1CC(C)C. The van der Waals surface area contributed by atoms with Crippen LogP contribution in [0.15, 0.2) is 18.2 Å². The first-order chi connectivity index (χ1) is 13.0. The predicted molar refractivity (Wildman–Crippen MR) is 100 cm³/mol. The maximum absolute atomic E-state index is 12.8. The molecule has 0 bridgehead atoms. The number of aromatic nitrogens is 2. The van der Waals surface area contributed by atoms with Crippen LogP contribution in [0, 0.1) is 5.92 Å². The molecule has 0 amide bonds. The Kier molecular flexibility index (Phi) is 6.48. The number of carboxylic acid groups (broad SMARTS) is 1. The molecule has 1 unspecified atom stereocenters. The highest BCUT2D eigenvalue weighted by Gasteiger charge is 2.36. The fraction of sp³-hybridized carbons (Fsp3) is 0.444. The van der Waals surface area contributed by atoms with Crippen molar-refractivity contribution < 1.29 is 27.8 Å². The zero-order chi connectivity index (χ0) is 21.2. The molecular formula is C18H21ClF3N3O3. The van der Waals surface area contributed by atoms with Crippen molar-refractivity contribution in [2.75, 3.05) is 12.4 Å². The van der Waals surface area contributed by atoms with Crippen LogP contribution in [0.3, 0.4) is 0 Å². The lowest BCUT2D eigenvalue weighted by atomic mass is 10.1. The second kappa shape index (κ2) is 8.30. The Bertz CT molecular complexity index is 866. The number of carboxylic acids is 1. The predicted octanol–water partition coefficient (Wildman–Crippen LogP) is 4.93. The molecule has 2 aromatic rings. The number of halogens is 4. The molecule has 28 heavy (non-hydrogen) atoms. The molecule has 2 rings (SSSR count). The number of anilines is 1. The van der Waals surface area contributed by atoms with Gasteiger partial charge in [0.25, 0.3) is 0 Å². The van der Waals surface area contributed by atoms with Gasteiger partial charge in [-0.3, -0.25) is 4.68 Å². The Balaban J connectivity index is 2.54. The first kappa shape index (κ1) is 21.9. The van der Waals surface area contributed by atoms with Crippen molar-refractivity contribution in [3.63, 3.8) is 0 Å². The normalized spacial score (nSPS) is 12.9. The van der Waals surface area contributed by atoms with E-state index in [1.54, 1.807) is 0 Å². The smallest absolute Gasteiger partial charge is 0.408 e. The van der Waals surface area contributed by atoms with E-state index in [-0.39, 0.29) is 28.1 Å². The number of aromatic carboxylic acids is 1. The summed E-state index contributed by atoms with van der Waals surface area (Å²) < 4.78 is 45.2. The van der Waals surface area contributed by atoms with Gasteiger partial charge in [-0.15, -0.1) is 0 Å². The summed E-state index contributed by atoms with van der Waals surface area (Å²) >= 11 is 6.27. The molecule has 0 saturated heterocycles. The quantitative estimate of drug-likeness (QED) is 0.665. The third-order valence-electron chi connectivity index (χ3n) is 3.97. The highest BCUT2D eigenvalue weighted by molar-refractivity contribution is 6.35. The molecule has 0 aliphatic heterocycles. The van der Waals surface area contributed by atoms with Gasteiger partial charge in [0.05, 0.1) is 12.8 Å². The Labute approximate surface area is 165 Å². The van der Waals surface area contributed by atoms with Crippen molar-refractivity contribution >= 4 is 23.3 Å². The van der Waals surface area contributed by atoms with Gasteiger partial charge in [0.1, 0.15) is 16.8 Å². The molecule has 0 fully saturated rings. The average molecular weight is 420 g/mol. The number of ether oxygens (including phenoxy) is 1. The molecule has 0 aliphatic carbocycles. The van der Waals surface area contributed by atoms with Crippen LogP contribution in [-0.2, 0) is 6.54 Å². The van der Waals surface area contributed by atoms with Gasteiger partial charge >= 0.3 is 12.1 Å². The summed E-state index contributed by atoms with van der Waals surface area (Å²) in [6, 6.07) is 2.62. The third kappa shape index (κ3) is 4.70. The molecule has 154 valence electrons. The number of hydrogen-bond donors (Lipinski definition) is 2. The first-order valence-electron chi connectivity index (χ1n) is 8.47. The van der Waals surface area contributed by atoms with Crippen LogP contribution in [-0.4, -0.2) is 40.2 Å². The van der Waals surface area contributed by atoms with Gasteiger partial charge in [0.2, 0.25) is 0 Å². The summed E-state index contributed by atoms with van der Waals surface area (Å²) in [5, 5.41) is 15.7. The molecule has 0 spiro atoms. The van der Waals surface area contributed by atoms with Crippen LogP contribution >= 0.6 is 11.6 Å². The lowest BCUT2D eigenvalue weighted by Crippen LogP contribution is -2.33. The maximum Gasteiger partial charge on any atom is 0.408 e. The zero-order valence-electron chi connectivity index (χ0n) is 15.8. The molecule has 2 N–H and O–H groups in total. The number of benzene rings is 1. The minimum atomic E-state index is -4.40. The number of nitrogens with one attached hydrogen (secondary N) is 1. The van der Waals surface area contributed by atoms with Crippen LogP contribution in [0.5, 0.6) is 5.75 Å². The van der Waals surface area contributed by atoms with Gasteiger partial charge in [-0.05, 0) is 25.0 Å². The van der Waals surface area contributed by atoms with Crippen molar-refractivity contribution in [1.29, 1.82) is 0 Å². The number of hydrogen-bond acceptors (Lipinski definition) is 4. The van der Waals surface area contributed by atoms with Crippen molar-refractivity contribution in [2.24, 2.45) is 5.92 Å². The highest BCUT2D eigenvalue weighted by Crippen LogP contribution is 2.39. The fourth-order valence-corrected chi connectivity index (χ4v) is 2.94. The van der Waals surface area contributed by atoms with Gasteiger partial charge in [-0.1, -0.05) is 25.4 Å². The van der Waals surface area contributed by atoms with Crippen LogP contribution in [0.2, 0.25) is 5.02 Å². The lowest BCUT2D eigenvalue weighted by Gasteiger charge is -2.20. The molecule has 6 nitrogen and oxygen atoms in total. The van der Waals surface area contributed by atoms with E-state index in [1.165, 1.54) is 30.0 Å². The molecular weight excluding hydrogens is 399 g/mol. The number of carbonyl (C=O) groups is 1. The van der Waals surface area contributed by atoms with Gasteiger partial charge in [-0.25, -0.2) is 4.79 Å². The van der Waals surface area contributed by atoms with E-state index in [2.05, 4.69) is 10.4 Å². The van der Waals surface area contributed by atoms with Gasteiger partial charge in [0.15, 0.2) is 5.69 Å². The Hall–Kier alpha value is -2.42. The van der Waals surface area contributed by atoms with Gasteiger partial charge in [0, 0.05) is 23.9 Å². The Morgan fingerprint density at radius 3 is 2.50 bits per heavy atom. The number of methoxy groups -OCH3 is 1. The van der Waals surface area contributed by atoms with Crippen molar-refractivity contribution in [3.05, 3.63) is 28.9 Å². The summed E-state index contributed by atoms with van der Waals surface area (Å²) in [4.78, 5) is 11.4. The molecule has 10 heteroatoms. The molecule has 1 aromatic carbocycles. The van der Waals surface area contributed by atoms with E-state index in [4.69, 9.17) is 16.3 Å². The van der Waals surface area contributed by atoms with E-state index < -0.39 is 18.2 Å². The van der Waals surface area contributed by atoms with Gasteiger partial charge in [-0.2, -0.15) is 18.3 Å². The molecule has 1 atom stereocenters. The topological polar surface area (TPSA) is 76.4 Å². The van der Waals surface area contributed by atoms with E-state index in [9.17, 15) is 23.1 Å². The van der Waals surface area contributed by atoms with Crippen LogP contribution in [0.25, 0.3) is 11.3 Å². The minimum absolute atomic E-state index is 0.0594. The summed E-state index contributed by atoms with van der Waals surface area (Å²) in [6.07, 6.45) is -4.40. The first-order valence-corrected chi connectivity index (χ1v) is 8.84. The van der Waals surface area contributed by atoms with Gasteiger partial charge < -0.3 is 15.2 Å². The zero-order valence-corrected chi connectivity index (χ0v) is 16.5. The summed E-state index contributed by atoms with van der Waals surface area (Å²) in [5.74, 6) is -0.885. The fourth-order valence-electron chi connectivity index (χ4n) is 2.62. The molecule has 0 radical (unpaired) electrons. The molecule has 1 heterocycles. The Morgan fingerprint density at radius 1 is 1.36 bits per heavy atom. The molecule has 0 saturated carbocycles. The number of nitrogens with zero attached hydrogens (tertiary/aromatic N) is 2. The summed E-state index contributed by atoms with van der Waals surface area (Å²) in [7, 11) is 1.37. The van der Waals surface area contributed by atoms with Crippen LogP contribution < -0.4 is 10.1 Å². The highest BCUT2D eigenvalue weighted by atomic mass is 35.5.